The van der Waals surface area contributed by atoms with Gasteiger partial charge in [0.1, 0.15) is 0 Å². The zero-order chi connectivity index (χ0) is 11.6. The third-order valence-electron chi connectivity index (χ3n) is 3.26. The van der Waals surface area contributed by atoms with Crippen molar-refractivity contribution in [1.82, 2.24) is 4.90 Å². The van der Waals surface area contributed by atoms with Gasteiger partial charge in [-0.2, -0.15) is 0 Å². The number of aliphatic carboxylic acids is 1. The number of hydrogen-bond acceptors (Lipinski definition) is 3. The molecule has 0 bridgehead atoms. The Kier molecular flexibility index (Phi) is 3.68. The van der Waals surface area contributed by atoms with Gasteiger partial charge in [-0.25, -0.2) is 0 Å². The summed E-state index contributed by atoms with van der Waals surface area (Å²) in [5.41, 5.74) is 5.22. The van der Waals surface area contributed by atoms with Gasteiger partial charge in [-0.05, 0) is 33.2 Å². The molecule has 1 rings (SSSR count). The average Bonchev–Trinajstić information content (AvgIpc) is 2.16. The molecule has 0 aliphatic carbocycles. The van der Waals surface area contributed by atoms with Crippen molar-refractivity contribution in [3.05, 3.63) is 0 Å². The van der Waals surface area contributed by atoms with E-state index in [4.69, 9.17) is 10.8 Å². The van der Waals surface area contributed by atoms with Gasteiger partial charge in [0.2, 0.25) is 5.91 Å². The van der Waals surface area contributed by atoms with E-state index in [0.29, 0.717) is 6.42 Å². The number of carbonyl (C=O) groups is 2. The summed E-state index contributed by atoms with van der Waals surface area (Å²) >= 11 is 0. The van der Waals surface area contributed by atoms with Crippen LogP contribution < -0.4 is 5.73 Å². The number of primary amides is 1. The van der Waals surface area contributed by atoms with Gasteiger partial charge in [-0.1, -0.05) is 0 Å². The van der Waals surface area contributed by atoms with Crippen LogP contribution in [0, 0.1) is 5.92 Å². The molecule has 1 aliphatic rings. The fourth-order valence-electron chi connectivity index (χ4n) is 2.21. The van der Waals surface area contributed by atoms with Gasteiger partial charge in [0.25, 0.3) is 0 Å². The Morgan fingerprint density at radius 2 is 2.13 bits per heavy atom. The molecule has 0 aromatic rings. The first-order chi connectivity index (χ1) is 6.95. The third kappa shape index (κ3) is 2.47. The first-order valence-corrected chi connectivity index (χ1v) is 5.23. The standard InChI is InChI=1S/C10H18N2O3/c1-6-8(10(14)15)4-3-5-12(6)7(2)9(11)13/h6-8H,3-5H2,1-2H3,(H2,11,13)(H,14,15). The van der Waals surface area contributed by atoms with Gasteiger partial charge >= 0.3 is 5.97 Å². The summed E-state index contributed by atoms with van der Waals surface area (Å²) in [5.74, 6) is -1.57. The Morgan fingerprint density at radius 1 is 1.53 bits per heavy atom. The number of rotatable bonds is 3. The molecule has 3 N–H and O–H groups in total. The molecular formula is C10H18N2O3. The molecule has 0 saturated carbocycles. The Balaban J connectivity index is 2.74. The Bertz CT molecular complexity index is 267. The maximum Gasteiger partial charge on any atom is 0.308 e. The fourth-order valence-corrected chi connectivity index (χ4v) is 2.21. The van der Waals surface area contributed by atoms with Crippen LogP contribution in [0.25, 0.3) is 0 Å². The number of hydrogen-bond donors (Lipinski definition) is 2. The van der Waals surface area contributed by atoms with Crippen molar-refractivity contribution in [2.45, 2.75) is 38.8 Å². The number of amides is 1. The molecule has 86 valence electrons. The van der Waals surface area contributed by atoms with Crippen LogP contribution in [0.2, 0.25) is 0 Å². The highest BCUT2D eigenvalue weighted by molar-refractivity contribution is 5.79. The molecule has 0 aromatic carbocycles. The van der Waals surface area contributed by atoms with E-state index in [9.17, 15) is 9.59 Å². The minimum absolute atomic E-state index is 0.126. The first-order valence-electron chi connectivity index (χ1n) is 5.23. The summed E-state index contributed by atoms with van der Waals surface area (Å²) in [4.78, 5) is 23.9. The van der Waals surface area contributed by atoms with E-state index in [0.717, 1.165) is 13.0 Å². The van der Waals surface area contributed by atoms with Crippen LogP contribution in [-0.2, 0) is 9.59 Å². The van der Waals surface area contributed by atoms with E-state index in [1.54, 1.807) is 6.92 Å². The van der Waals surface area contributed by atoms with E-state index in [1.165, 1.54) is 0 Å². The molecule has 3 unspecified atom stereocenters. The average molecular weight is 214 g/mol. The van der Waals surface area contributed by atoms with Gasteiger partial charge in [0.15, 0.2) is 0 Å². The van der Waals surface area contributed by atoms with E-state index in [1.807, 2.05) is 11.8 Å². The van der Waals surface area contributed by atoms with Gasteiger partial charge in [-0.15, -0.1) is 0 Å². The number of likely N-dealkylation sites (tertiary alicyclic amines) is 1. The van der Waals surface area contributed by atoms with E-state index < -0.39 is 11.9 Å². The SMILES string of the molecule is CC(C(N)=O)N1CCCC(C(=O)O)C1C. The van der Waals surface area contributed by atoms with Crippen molar-refractivity contribution in [3.8, 4) is 0 Å². The van der Waals surface area contributed by atoms with E-state index in [2.05, 4.69) is 0 Å². The van der Waals surface area contributed by atoms with Crippen molar-refractivity contribution in [1.29, 1.82) is 0 Å². The summed E-state index contributed by atoms with van der Waals surface area (Å²) in [6, 6.07) is -0.513. The summed E-state index contributed by atoms with van der Waals surface area (Å²) in [5, 5.41) is 9.00. The summed E-state index contributed by atoms with van der Waals surface area (Å²) in [6.45, 7) is 4.31. The van der Waals surface area contributed by atoms with Crippen molar-refractivity contribution in [2.24, 2.45) is 11.7 Å². The summed E-state index contributed by atoms with van der Waals surface area (Å²) in [6.07, 6.45) is 1.48. The normalized spacial score (nSPS) is 29.7. The number of piperidine rings is 1. The van der Waals surface area contributed by atoms with Crippen LogP contribution in [0.15, 0.2) is 0 Å². The Morgan fingerprint density at radius 3 is 2.60 bits per heavy atom. The van der Waals surface area contributed by atoms with Crippen molar-refractivity contribution >= 4 is 11.9 Å². The molecule has 0 spiro atoms. The van der Waals surface area contributed by atoms with Crippen LogP contribution >= 0.6 is 0 Å². The number of carboxylic acids is 1. The topological polar surface area (TPSA) is 83.6 Å². The van der Waals surface area contributed by atoms with Crippen LogP contribution in [0.3, 0.4) is 0 Å². The van der Waals surface area contributed by atoms with Gasteiger partial charge in [0, 0.05) is 6.04 Å². The monoisotopic (exact) mass is 214 g/mol. The second-order valence-corrected chi connectivity index (χ2v) is 4.14. The maximum atomic E-state index is 11.1. The van der Waals surface area contributed by atoms with Gasteiger partial charge in [0.05, 0.1) is 12.0 Å². The Labute approximate surface area is 89.2 Å². The zero-order valence-electron chi connectivity index (χ0n) is 9.14. The van der Waals surface area contributed by atoms with Crippen LogP contribution in [0.4, 0.5) is 0 Å². The molecule has 15 heavy (non-hydrogen) atoms. The van der Waals surface area contributed by atoms with Crippen molar-refractivity contribution in [2.75, 3.05) is 6.54 Å². The summed E-state index contributed by atoms with van der Waals surface area (Å²) in [7, 11) is 0. The molecule has 3 atom stereocenters. The molecule has 1 amide bonds. The quantitative estimate of drug-likeness (QED) is 0.695. The third-order valence-corrected chi connectivity index (χ3v) is 3.26. The molecule has 0 aromatic heterocycles. The summed E-state index contributed by atoms with van der Waals surface area (Å²) < 4.78 is 0. The second kappa shape index (κ2) is 4.61. The van der Waals surface area contributed by atoms with E-state index in [-0.39, 0.29) is 18.0 Å². The van der Waals surface area contributed by atoms with Gasteiger partial charge < -0.3 is 10.8 Å². The molecule has 1 saturated heterocycles. The molecule has 1 fully saturated rings. The molecular weight excluding hydrogens is 196 g/mol. The number of nitrogens with zero attached hydrogens (tertiary/aromatic N) is 1. The minimum atomic E-state index is -0.788. The highest BCUT2D eigenvalue weighted by atomic mass is 16.4. The largest absolute Gasteiger partial charge is 0.481 e. The molecule has 1 aliphatic heterocycles. The Hall–Kier alpha value is -1.10. The maximum absolute atomic E-state index is 11.1. The fraction of sp³-hybridized carbons (Fsp3) is 0.800. The van der Waals surface area contributed by atoms with Crippen LogP contribution in [0.5, 0.6) is 0 Å². The first kappa shape index (κ1) is 12.0. The molecule has 1 heterocycles. The zero-order valence-corrected chi connectivity index (χ0v) is 9.14. The number of carboxylic acid groups (broad SMARTS) is 1. The van der Waals surface area contributed by atoms with Crippen molar-refractivity contribution in [3.63, 3.8) is 0 Å². The lowest BCUT2D eigenvalue weighted by atomic mass is 9.89. The lowest BCUT2D eigenvalue weighted by Crippen LogP contribution is -2.53. The molecule has 5 heteroatoms. The predicted molar refractivity (Wildman–Crippen MR) is 55.2 cm³/mol. The van der Waals surface area contributed by atoms with Crippen LogP contribution in [0.1, 0.15) is 26.7 Å². The predicted octanol–water partition coefficient (Wildman–Crippen LogP) is 0.0453. The highest BCUT2D eigenvalue weighted by Crippen LogP contribution is 2.25. The smallest absolute Gasteiger partial charge is 0.308 e. The lowest BCUT2D eigenvalue weighted by molar-refractivity contribution is -0.147. The number of carbonyl (C=O) groups excluding carboxylic acids is 1. The lowest BCUT2D eigenvalue weighted by Gasteiger charge is -2.40. The molecule has 5 nitrogen and oxygen atoms in total. The number of nitrogens with two attached hydrogens (primary N) is 1. The van der Waals surface area contributed by atoms with E-state index >= 15 is 0 Å². The highest BCUT2D eigenvalue weighted by Gasteiger charge is 2.36. The molecule has 0 radical (unpaired) electrons. The van der Waals surface area contributed by atoms with Gasteiger partial charge in [-0.3, -0.25) is 14.5 Å². The second-order valence-electron chi connectivity index (χ2n) is 4.14. The van der Waals surface area contributed by atoms with Crippen molar-refractivity contribution < 1.29 is 14.7 Å². The van der Waals surface area contributed by atoms with Crippen LogP contribution in [-0.4, -0.2) is 40.5 Å². The minimum Gasteiger partial charge on any atom is -0.481 e.